The van der Waals surface area contributed by atoms with Crippen LogP contribution in [0.15, 0.2) is 53.4 Å². The number of hydrogen-bond donors (Lipinski definition) is 2. The second-order valence-corrected chi connectivity index (χ2v) is 8.40. The van der Waals surface area contributed by atoms with Crippen molar-refractivity contribution < 1.29 is 17.9 Å². The second kappa shape index (κ2) is 7.98. The van der Waals surface area contributed by atoms with E-state index in [1.807, 2.05) is 0 Å². The number of sulfonamides is 1. The number of methoxy groups -OCH3 is 1. The summed E-state index contributed by atoms with van der Waals surface area (Å²) in [6.45, 7) is 2.36. The van der Waals surface area contributed by atoms with Crippen LogP contribution >= 0.6 is 0 Å². The Morgan fingerprint density at radius 3 is 2.52 bits per heavy atom. The van der Waals surface area contributed by atoms with Crippen molar-refractivity contribution in [3.63, 3.8) is 0 Å². The van der Waals surface area contributed by atoms with Crippen molar-refractivity contribution in [2.75, 3.05) is 38.1 Å². The third kappa shape index (κ3) is 4.23. The lowest BCUT2D eigenvalue weighted by molar-refractivity contribution is 0.0942. The van der Waals surface area contributed by atoms with Gasteiger partial charge in [-0.3, -0.25) is 9.10 Å². The molecular formula is C19H23N3O4S. The van der Waals surface area contributed by atoms with Crippen molar-refractivity contribution in [1.82, 2.24) is 10.6 Å². The number of hydrogen-bond acceptors (Lipinski definition) is 5. The molecule has 0 aliphatic carbocycles. The van der Waals surface area contributed by atoms with Crippen LogP contribution in [0.5, 0.6) is 5.75 Å². The lowest BCUT2D eigenvalue weighted by Crippen LogP contribution is -2.48. The van der Waals surface area contributed by atoms with Gasteiger partial charge in [-0.2, -0.15) is 0 Å². The van der Waals surface area contributed by atoms with Crippen molar-refractivity contribution in [3.8, 4) is 5.75 Å². The van der Waals surface area contributed by atoms with Gasteiger partial charge in [0.25, 0.3) is 15.9 Å². The van der Waals surface area contributed by atoms with E-state index in [4.69, 9.17) is 4.74 Å². The van der Waals surface area contributed by atoms with E-state index in [-0.39, 0.29) is 10.8 Å². The molecule has 0 atom stereocenters. The molecule has 1 fully saturated rings. The third-order valence-electron chi connectivity index (χ3n) is 4.61. The molecule has 7 nitrogen and oxygen atoms in total. The Labute approximate surface area is 159 Å². The molecule has 1 aliphatic rings. The van der Waals surface area contributed by atoms with Crippen molar-refractivity contribution in [2.24, 2.45) is 5.92 Å². The van der Waals surface area contributed by atoms with Crippen LogP contribution in [0.2, 0.25) is 0 Å². The predicted molar refractivity (Wildman–Crippen MR) is 104 cm³/mol. The lowest BCUT2D eigenvalue weighted by atomic mass is 10.0. The van der Waals surface area contributed by atoms with Gasteiger partial charge in [0.15, 0.2) is 0 Å². The molecular weight excluding hydrogens is 366 g/mol. The number of benzene rings is 2. The zero-order valence-corrected chi connectivity index (χ0v) is 16.1. The van der Waals surface area contributed by atoms with E-state index in [2.05, 4.69) is 10.6 Å². The Balaban J connectivity index is 1.77. The maximum atomic E-state index is 12.9. The van der Waals surface area contributed by atoms with Crippen LogP contribution in [-0.2, 0) is 10.0 Å². The molecule has 1 amide bonds. The van der Waals surface area contributed by atoms with Gasteiger partial charge >= 0.3 is 0 Å². The Morgan fingerprint density at radius 2 is 1.93 bits per heavy atom. The van der Waals surface area contributed by atoms with Crippen LogP contribution in [0.4, 0.5) is 5.69 Å². The average molecular weight is 389 g/mol. The highest BCUT2D eigenvalue weighted by Gasteiger charge is 2.23. The molecule has 2 aromatic carbocycles. The molecule has 0 saturated carbocycles. The van der Waals surface area contributed by atoms with E-state index in [0.717, 1.165) is 13.1 Å². The van der Waals surface area contributed by atoms with E-state index in [9.17, 15) is 13.2 Å². The fourth-order valence-electron chi connectivity index (χ4n) is 2.72. The van der Waals surface area contributed by atoms with Gasteiger partial charge in [0.1, 0.15) is 5.75 Å². The van der Waals surface area contributed by atoms with Crippen LogP contribution in [0.1, 0.15) is 10.4 Å². The smallest absolute Gasteiger partial charge is 0.264 e. The SMILES string of the molecule is COc1ccc(N(C)S(=O)(=O)c2cccc(C(=O)NCC3CNC3)c2)cc1. The first-order chi connectivity index (χ1) is 12.9. The highest BCUT2D eigenvalue weighted by molar-refractivity contribution is 7.92. The molecule has 0 radical (unpaired) electrons. The molecule has 2 aromatic rings. The Morgan fingerprint density at radius 1 is 1.22 bits per heavy atom. The number of anilines is 1. The number of carbonyl (C=O) groups is 1. The largest absolute Gasteiger partial charge is 0.497 e. The molecule has 2 N–H and O–H groups in total. The normalized spacial score (nSPS) is 14.3. The summed E-state index contributed by atoms with van der Waals surface area (Å²) in [5.41, 5.74) is 0.828. The minimum absolute atomic E-state index is 0.0683. The van der Waals surface area contributed by atoms with E-state index < -0.39 is 10.0 Å². The van der Waals surface area contributed by atoms with Crippen LogP contribution < -0.4 is 19.7 Å². The van der Waals surface area contributed by atoms with E-state index in [1.54, 1.807) is 43.5 Å². The first kappa shape index (κ1) is 19.2. The van der Waals surface area contributed by atoms with Crippen molar-refractivity contribution in [2.45, 2.75) is 4.90 Å². The van der Waals surface area contributed by atoms with Crippen molar-refractivity contribution >= 4 is 21.6 Å². The summed E-state index contributed by atoms with van der Waals surface area (Å²) < 4.78 is 32.2. The molecule has 144 valence electrons. The van der Waals surface area contributed by atoms with E-state index >= 15 is 0 Å². The summed E-state index contributed by atoms with van der Waals surface area (Å²) in [6.07, 6.45) is 0. The summed E-state index contributed by atoms with van der Waals surface area (Å²) in [6, 6.07) is 12.8. The van der Waals surface area contributed by atoms with Crippen LogP contribution in [0.3, 0.4) is 0 Å². The first-order valence-electron chi connectivity index (χ1n) is 8.64. The summed E-state index contributed by atoms with van der Waals surface area (Å²) >= 11 is 0. The van der Waals surface area contributed by atoms with Gasteiger partial charge in [-0.05, 0) is 42.5 Å². The van der Waals surface area contributed by atoms with Crippen molar-refractivity contribution in [1.29, 1.82) is 0 Å². The van der Waals surface area contributed by atoms with E-state index in [0.29, 0.717) is 29.5 Å². The van der Waals surface area contributed by atoms with Crippen LogP contribution in [0, 0.1) is 5.92 Å². The third-order valence-corrected chi connectivity index (χ3v) is 6.39. The number of amides is 1. The van der Waals surface area contributed by atoms with Gasteiger partial charge in [-0.1, -0.05) is 6.07 Å². The van der Waals surface area contributed by atoms with Gasteiger partial charge in [0.05, 0.1) is 17.7 Å². The van der Waals surface area contributed by atoms with E-state index in [1.165, 1.54) is 23.5 Å². The Bertz CT molecular complexity index is 909. The molecule has 0 spiro atoms. The van der Waals surface area contributed by atoms with Crippen molar-refractivity contribution in [3.05, 3.63) is 54.1 Å². The van der Waals surface area contributed by atoms with Gasteiger partial charge in [0, 0.05) is 38.2 Å². The summed E-state index contributed by atoms with van der Waals surface area (Å²) in [5.74, 6) is 0.804. The molecule has 0 bridgehead atoms. The Hall–Kier alpha value is -2.58. The summed E-state index contributed by atoms with van der Waals surface area (Å²) in [7, 11) is -0.761. The monoisotopic (exact) mass is 389 g/mol. The molecule has 0 unspecified atom stereocenters. The molecule has 1 saturated heterocycles. The number of nitrogens with zero attached hydrogens (tertiary/aromatic N) is 1. The minimum atomic E-state index is -3.79. The predicted octanol–water partition coefficient (Wildman–Crippen LogP) is 1.47. The van der Waals surface area contributed by atoms with Gasteiger partial charge in [-0.25, -0.2) is 8.42 Å². The average Bonchev–Trinajstić information content (AvgIpc) is 2.66. The Kier molecular flexibility index (Phi) is 5.67. The maximum absolute atomic E-state index is 12.9. The highest BCUT2D eigenvalue weighted by Crippen LogP contribution is 2.24. The number of nitrogens with one attached hydrogen (secondary N) is 2. The zero-order chi connectivity index (χ0) is 19.4. The van der Waals surface area contributed by atoms with Crippen LogP contribution in [0.25, 0.3) is 0 Å². The van der Waals surface area contributed by atoms with Gasteiger partial charge in [0.2, 0.25) is 0 Å². The maximum Gasteiger partial charge on any atom is 0.264 e. The summed E-state index contributed by atoms with van der Waals surface area (Å²) in [5, 5.41) is 6.00. The molecule has 8 heteroatoms. The first-order valence-corrected chi connectivity index (χ1v) is 10.1. The lowest BCUT2D eigenvalue weighted by Gasteiger charge is -2.27. The quantitative estimate of drug-likeness (QED) is 0.749. The molecule has 27 heavy (non-hydrogen) atoms. The molecule has 1 heterocycles. The second-order valence-electron chi connectivity index (χ2n) is 6.43. The summed E-state index contributed by atoms with van der Waals surface area (Å²) in [4.78, 5) is 12.4. The highest BCUT2D eigenvalue weighted by atomic mass is 32.2. The fraction of sp³-hybridized carbons (Fsp3) is 0.316. The number of rotatable bonds is 7. The standard InChI is InChI=1S/C19H23N3O4S/c1-22(16-6-8-17(26-2)9-7-16)27(24,25)18-5-3-4-15(10-18)19(23)21-13-14-11-20-12-14/h3-10,14,20H,11-13H2,1-2H3,(H,21,23). The minimum Gasteiger partial charge on any atom is -0.497 e. The molecule has 1 aliphatic heterocycles. The van der Waals surface area contributed by atoms with Gasteiger partial charge < -0.3 is 15.4 Å². The fourth-order valence-corrected chi connectivity index (χ4v) is 3.96. The number of carbonyl (C=O) groups excluding carboxylic acids is 1. The number of ether oxygens (including phenoxy) is 1. The van der Waals surface area contributed by atoms with Gasteiger partial charge in [-0.15, -0.1) is 0 Å². The van der Waals surface area contributed by atoms with Crippen LogP contribution in [-0.4, -0.2) is 48.1 Å². The topological polar surface area (TPSA) is 87.7 Å². The zero-order valence-electron chi connectivity index (χ0n) is 15.3. The molecule has 0 aromatic heterocycles. The molecule has 3 rings (SSSR count).